The molecule has 1 heterocycles. The Morgan fingerprint density at radius 1 is 0.628 bits per heavy atom. The van der Waals surface area contributed by atoms with Crippen molar-refractivity contribution < 1.29 is 23.4 Å². The first-order valence-corrected chi connectivity index (χ1v) is 20.4. The topological polar surface area (TPSA) is 46.2 Å². The summed E-state index contributed by atoms with van der Waals surface area (Å²) in [6.45, 7) is 5.66. The van der Waals surface area contributed by atoms with Gasteiger partial charge in [0.05, 0.1) is 0 Å². The summed E-state index contributed by atoms with van der Waals surface area (Å²) >= 11 is 6.80. The van der Waals surface area contributed by atoms with Crippen molar-refractivity contribution in [3.63, 3.8) is 0 Å². The molecule has 0 radical (unpaired) electrons. The minimum atomic E-state index is -2.53. The van der Waals surface area contributed by atoms with Crippen molar-refractivity contribution in [1.29, 1.82) is 0 Å². The van der Waals surface area contributed by atoms with Gasteiger partial charge in [0.1, 0.15) is 0 Å². The third-order valence-electron chi connectivity index (χ3n) is 6.97. The molecular formula is C35H39ClO5SeSi. The fraction of sp³-hybridized carbons (Fsp3) is 0.314. The Morgan fingerprint density at radius 2 is 1.09 bits per heavy atom. The first-order valence-electron chi connectivity index (χ1n) is 14.6. The van der Waals surface area contributed by atoms with Gasteiger partial charge in [0.2, 0.25) is 0 Å². The van der Waals surface area contributed by atoms with Crippen LogP contribution in [0.15, 0.2) is 121 Å². The summed E-state index contributed by atoms with van der Waals surface area (Å²) < 4.78 is 34.6. The fourth-order valence-corrected chi connectivity index (χ4v) is 8.78. The van der Waals surface area contributed by atoms with Crippen LogP contribution in [0.1, 0.15) is 16.7 Å². The van der Waals surface area contributed by atoms with E-state index in [2.05, 4.69) is 60.7 Å². The third-order valence-corrected chi connectivity index (χ3v) is 10.5. The fourth-order valence-electron chi connectivity index (χ4n) is 4.98. The molecule has 4 aromatic carbocycles. The summed E-state index contributed by atoms with van der Waals surface area (Å²) in [4.78, 5) is 0. The van der Waals surface area contributed by atoms with E-state index in [1.165, 1.54) is 4.46 Å². The zero-order valence-corrected chi connectivity index (χ0v) is 28.1. The van der Waals surface area contributed by atoms with Crippen LogP contribution in [0, 0.1) is 0 Å². The summed E-state index contributed by atoms with van der Waals surface area (Å²) in [7, 11) is -2.53. The van der Waals surface area contributed by atoms with E-state index in [4.69, 9.17) is 34.5 Å². The van der Waals surface area contributed by atoms with Gasteiger partial charge in [-0.15, -0.1) is 0 Å². The van der Waals surface area contributed by atoms with Gasteiger partial charge in [-0.1, -0.05) is 0 Å². The molecule has 5 nitrogen and oxygen atoms in total. The predicted molar refractivity (Wildman–Crippen MR) is 175 cm³/mol. The van der Waals surface area contributed by atoms with Crippen molar-refractivity contribution in [3.8, 4) is 0 Å². The van der Waals surface area contributed by atoms with Crippen molar-refractivity contribution >= 4 is 38.1 Å². The molecule has 0 aliphatic carbocycles. The monoisotopic (exact) mass is 682 g/mol. The number of rotatable bonds is 14. The summed E-state index contributed by atoms with van der Waals surface area (Å²) in [5, 5.41) is -0.247. The van der Waals surface area contributed by atoms with Gasteiger partial charge in [0, 0.05) is 0 Å². The van der Waals surface area contributed by atoms with Crippen LogP contribution in [-0.2, 0) is 43.2 Å². The molecule has 226 valence electrons. The SMILES string of the molecule is C[Si](C)(Cl)O[C@@H]1[C@@H](OCc2ccccc2)[C@@H](OCc2ccccc2)[C@@H](COCc2ccccc2)O[C@H]1[Se]c1ccccc1. The van der Waals surface area contributed by atoms with Crippen molar-refractivity contribution in [2.45, 2.75) is 62.3 Å². The molecule has 0 unspecified atom stereocenters. The van der Waals surface area contributed by atoms with Crippen LogP contribution < -0.4 is 4.46 Å². The summed E-state index contributed by atoms with van der Waals surface area (Å²) in [6, 6.07) is 41.0. The maximum atomic E-state index is 6.91. The van der Waals surface area contributed by atoms with E-state index in [0.29, 0.717) is 26.4 Å². The Morgan fingerprint density at radius 3 is 1.60 bits per heavy atom. The molecule has 0 spiro atoms. The van der Waals surface area contributed by atoms with Crippen LogP contribution in [0.5, 0.6) is 0 Å². The van der Waals surface area contributed by atoms with E-state index in [9.17, 15) is 0 Å². The van der Waals surface area contributed by atoms with Crippen LogP contribution in [0.25, 0.3) is 0 Å². The van der Waals surface area contributed by atoms with E-state index >= 15 is 0 Å². The first kappa shape index (κ1) is 32.1. The van der Waals surface area contributed by atoms with Crippen LogP contribution in [0.3, 0.4) is 0 Å². The number of ether oxygens (including phenoxy) is 4. The van der Waals surface area contributed by atoms with Crippen molar-refractivity contribution in [3.05, 3.63) is 138 Å². The first-order chi connectivity index (χ1) is 20.9. The van der Waals surface area contributed by atoms with Gasteiger partial charge in [-0.25, -0.2) is 0 Å². The molecule has 4 aromatic rings. The van der Waals surface area contributed by atoms with Gasteiger partial charge in [0.15, 0.2) is 0 Å². The summed E-state index contributed by atoms with van der Waals surface area (Å²) in [5.74, 6) is 0. The molecule has 0 amide bonds. The molecular weight excluding hydrogens is 643 g/mol. The molecule has 5 atom stereocenters. The van der Waals surface area contributed by atoms with Crippen LogP contribution in [0.4, 0.5) is 0 Å². The Balaban J connectivity index is 1.45. The van der Waals surface area contributed by atoms with Crippen LogP contribution >= 0.6 is 11.1 Å². The van der Waals surface area contributed by atoms with E-state index in [-0.39, 0.29) is 26.1 Å². The second-order valence-electron chi connectivity index (χ2n) is 10.9. The molecule has 0 aromatic heterocycles. The molecule has 1 aliphatic heterocycles. The average Bonchev–Trinajstić information content (AvgIpc) is 3.02. The van der Waals surface area contributed by atoms with Gasteiger partial charge in [-0.3, -0.25) is 0 Å². The third kappa shape index (κ3) is 10.1. The Kier molecular flexibility index (Phi) is 12.1. The molecule has 1 saturated heterocycles. The zero-order valence-electron chi connectivity index (χ0n) is 24.6. The zero-order chi connectivity index (χ0) is 29.9. The molecule has 0 saturated carbocycles. The molecule has 43 heavy (non-hydrogen) atoms. The second kappa shape index (κ2) is 16.1. The van der Waals surface area contributed by atoms with Gasteiger partial charge in [-0.2, -0.15) is 0 Å². The van der Waals surface area contributed by atoms with Crippen molar-refractivity contribution in [1.82, 2.24) is 0 Å². The van der Waals surface area contributed by atoms with Gasteiger partial charge in [0.25, 0.3) is 0 Å². The van der Waals surface area contributed by atoms with E-state index in [1.807, 2.05) is 73.8 Å². The normalized spacial score (nSPS) is 22.3. The number of benzene rings is 4. The van der Waals surface area contributed by atoms with E-state index in [0.717, 1.165) is 16.7 Å². The van der Waals surface area contributed by atoms with Crippen molar-refractivity contribution in [2.24, 2.45) is 0 Å². The quantitative estimate of drug-likeness (QED) is 0.113. The van der Waals surface area contributed by atoms with Crippen LogP contribution in [-0.4, -0.2) is 58.6 Å². The molecule has 8 heteroatoms. The summed E-state index contributed by atoms with van der Waals surface area (Å²) in [6.07, 6.45) is -1.65. The van der Waals surface area contributed by atoms with Crippen molar-refractivity contribution in [2.75, 3.05) is 6.61 Å². The molecule has 5 rings (SSSR count). The van der Waals surface area contributed by atoms with Gasteiger partial charge in [-0.05, 0) is 0 Å². The Bertz CT molecular complexity index is 1340. The van der Waals surface area contributed by atoms with Crippen LogP contribution in [0.2, 0.25) is 13.1 Å². The Hall–Kier alpha value is -2.29. The Labute approximate surface area is 267 Å². The molecule has 0 N–H and O–H groups in total. The summed E-state index contributed by atoms with van der Waals surface area (Å²) in [5.41, 5.74) is 3.27. The average molecular weight is 682 g/mol. The second-order valence-corrected chi connectivity index (χ2v) is 19.1. The minimum absolute atomic E-state index is 0.0705. The standard InChI is InChI=1S/C35H39ClO5SeSi/c1-43(2,36)41-34-33(39-25-29-19-11-5-12-20-29)32(38-24-28-17-9-4-10-18-28)31(26-37-23-27-15-7-3-8-16-27)40-35(34)42-30-21-13-6-14-22-30/h3-22,31-35H,23-26H2,1-2H3/t31-,32+,33+,34-,35+/m1/s1. The number of hydrogen-bond acceptors (Lipinski definition) is 5. The van der Waals surface area contributed by atoms with Gasteiger partial charge >= 0.3 is 268 Å². The van der Waals surface area contributed by atoms with E-state index < -0.39 is 25.9 Å². The maximum absolute atomic E-state index is 6.91. The molecule has 0 bridgehead atoms. The predicted octanol–water partition coefficient (Wildman–Crippen LogP) is 6.45. The van der Waals surface area contributed by atoms with Gasteiger partial charge < -0.3 is 0 Å². The molecule has 1 fully saturated rings. The number of halogens is 1. The van der Waals surface area contributed by atoms with E-state index in [1.54, 1.807) is 0 Å². The number of hydrogen-bond donors (Lipinski definition) is 0. The molecule has 1 aliphatic rings.